The van der Waals surface area contributed by atoms with Crippen molar-refractivity contribution in [3.05, 3.63) is 5.69 Å². The molecule has 6 nitrogen and oxygen atoms in total. The van der Waals surface area contributed by atoms with Gasteiger partial charge in [-0.2, -0.15) is 0 Å². The largest absolute Gasteiger partial charge is 0.375 e. The van der Waals surface area contributed by atoms with E-state index in [4.69, 9.17) is 11.5 Å². The van der Waals surface area contributed by atoms with Gasteiger partial charge in [0, 0.05) is 0 Å². The van der Waals surface area contributed by atoms with Crippen molar-refractivity contribution in [1.29, 1.82) is 0 Å². The zero-order valence-corrected chi connectivity index (χ0v) is 10.4. The molecule has 0 aliphatic heterocycles. The monoisotopic (exact) mass is 260 g/mol. The molecule has 1 aromatic rings. The Morgan fingerprint density at radius 3 is 2.62 bits per heavy atom. The second-order valence-corrected chi connectivity index (χ2v) is 5.68. The van der Waals surface area contributed by atoms with Gasteiger partial charge in [-0.25, -0.2) is 9.78 Å². The number of aryl methyl sites for hydroxylation is 1. The molecule has 1 aromatic heterocycles. The summed E-state index contributed by atoms with van der Waals surface area (Å²) in [7, 11) is 0. The zero-order chi connectivity index (χ0) is 12.3. The number of rotatable bonds is 3. The van der Waals surface area contributed by atoms with Crippen LogP contribution in [0.25, 0.3) is 0 Å². The SMILES string of the molecule is Cc1nc(N)sc1SC(C)C(=O)NC(N)=O. The Labute approximate surface area is 101 Å². The number of thiazole rings is 1. The van der Waals surface area contributed by atoms with Gasteiger partial charge in [0.1, 0.15) is 0 Å². The standard InChI is InChI=1S/C8H12N4O2S2/c1-3-6(16-8(10)11-3)15-4(2)5(13)12-7(9)14/h4H,1-2H3,(H2,10,11)(H3,9,12,13,14). The number of amides is 3. The average Bonchev–Trinajstić information content (AvgIpc) is 2.43. The number of carbonyl (C=O) groups excluding carboxylic acids is 2. The summed E-state index contributed by atoms with van der Waals surface area (Å²) < 4.78 is 0.865. The molecule has 0 aliphatic rings. The molecule has 3 amide bonds. The van der Waals surface area contributed by atoms with E-state index in [1.54, 1.807) is 6.92 Å². The first-order valence-corrected chi connectivity index (χ1v) is 6.09. The van der Waals surface area contributed by atoms with Gasteiger partial charge in [0.15, 0.2) is 5.13 Å². The van der Waals surface area contributed by atoms with Gasteiger partial charge in [0.05, 0.1) is 15.2 Å². The predicted molar refractivity (Wildman–Crippen MR) is 64.3 cm³/mol. The van der Waals surface area contributed by atoms with Crippen molar-refractivity contribution < 1.29 is 9.59 Å². The number of nitrogens with one attached hydrogen (secondary N) is 1. The second kappa shape index (κ2) is 5.17. The number of aromatic nitrogens is 1. The van der Waals surface area contributed by atoms with Gasteiger partial charge < -0.3 is 11.5 Å². The maximum absolute atomic E-state index is 11.4. The molecule has 8 heteroatoms. The van der Waals surface area contributed by atoms with E-state index in [1.807, 2.05) is 12.2 Å². The Hall–Kier alpha value is -1.28. The Kier molecular flexibility index (Phi) is 4.13. The van der Waals surface area contributed by atoms with Crippen LogP contribution < -0.4 is 16.8 Å². The number of carbonyl (C=O) groups is 2. The fourth-order valence-electron chi connectivity index (χ4n) is 0.949. The van der Waals surface area contributed by atoms with Crippen molar-refractivity contribution >= 4 is 40.2 Å². The van der Waals surface area contributed by atoms with Crippen LogP contribution in [0.15, 0.2) is 4.21 Å². The normalized spacial score (nSPS) is 12.1. The Bertz CT molecular complexity index is 418. The molecular weight excluding hydrogens is 248 g/mol. The molecule has 88 valence electrons. The minimum Gasteiger partial charge on any atom is -0.375 e. The Morgan fingerprint density at radius 1 is 1.56 bits per heavy atom. The highest BCUT2D eigenvalue weighted by Crippen LogP contribution is 2.33. The summed E-state index contributed by atoms with van der Waals surface area (Å²) >= 11 is 2.61. The highest BCUT2D eigenvalue weighted by atomic mass is 32.2. The van der Waals surface area contributed by atoms with Crippen LogP contribution in [-0.2, 0) is 4.79 Å². The van der Waals surface area contributed by atoms with E-state index in [2.05, 4.69) is 4.98 Å². The summed E-state index contributed by atoms with van der Waals surface area (Å²) in [5.74, 6) is -0.427. The number of hydrogen-bond donors (Lipinski definition) is 3. The fourth-order valence-corrected chi connectivity index (χ4v) is 3.10. The third-order valence-electron chi connectivity index (χ3n) is 1.67. The molecule has 1 unspecified atom stereocenters. The van der Waals surface area contributed by atoms with Gasteiger partial charge in [-0.05, 0) is 13.8 Å². The number of hydrogen-bond acceptors (Lipinski definition) is 6. The zero-order valence-electron chi connectivity index (χ0n) is 8.81. The van der Waals surface area contributed by atoms with Crippen molar-refractivity contribution in [2.45, 2.75) is 23.3 Å². The average molecular weight is 260 g/mol. The molecule has 0 fully saturated rings. The van der Waals surface area contributed by atoms with Crippen molar-refractivity contribution in [3.63, 3.8) is 0 Å². The molecule has 0 bridgehead atoms. The van der Waals surface area contributed by atoms with Crippen LogP contribution in [-0.4, -0.2) is 22.2 Å². The number of nitrogens with zero attached hydrogens (tertiary/aromatic N) is 1. The lowest BCUT2D eigenvalue weighted by Crippen LogP contribution is -2.39. The second-order valence-electron chi connectivity index (χ2n) is 3.04. The van der Waals surface area contributed by atoms with Gasteiger partial charge in [-0.3, -0.25) is 10.1 Å². The van der Waals surface area contributed by atoms with Crippen LogP contribution >= 0.6 is 23.1 Å². The summed E-state index contributed by atoms with van der Waals surface area (Å²) in [5.41, 5.74) is 11.2. The van der Waals surface area contributed by atoms with Gasteiger partial charge in [0.25, 0.3) is 0 Å². The first-order valence-electron chi connectivity index (χ1n) is 4.40. The van der Waals surface area contributed by atoms with Gasteiger partial charge in [0.2, 0.25) is 5.91 Å². The van der Waals surface area contributed by atoms with Crippen LogP contribution in [0.4, 0.5) is 9.93 Å². The van der Waals surface area contributed by atoms with Crippen molar-refractivity contribution in [2.75, 3.05) is 5.73 Å². The lowest BCUT2D eigenvalue weighted by atomic mass is 10.4. The molecule has 0 saturated carbocycles. The topological polar surface area (TPSA) is 111 Å². The minimum atomic E-state index is -0.849. The fraction of sp³-hybridized carbons (Fsp3) is 0.375. The van der Waals surface area contributed by atoms with E-state index in [1.165, 1.54) is 23.1 Å². The lowest BCUT2D eigenvalue weighted by molar-refractivity contribution is -0.119. The third-order valence-corrected chi connectivity index (χ3v) is 4.07. The molecule has 0 aliphatic carbocycles. The number of anilines is 1. The maximum Gasteiger partial charge on any atom is 0.318 e. The number of imide groups is 1. The van der Waals surface area contributed by atoms with Crippen molar-refractivity contribution in [2.24, 2.45) is 5.73 Å². The summed E-state index contributed by atoms with van der Waals surface area (Å²) in [6, 6.07) is -0.849. The highest BCUT2D eigenvalue weighted by molar-refractivity contribution is 8.02. The van der Waals surface area contributed by atoms with Gasteiger partial charge in [-0.1, -0.05) is 11.3 Å². The number of urea groups is 1. The van der Waals surface area contributed by atoms with Crippen LogP contribution in [0.3, 0.4) is 0 Å². The summed E-state index contributed by atoms with van der Waals surface area (Å²) in [5, 5.41) is 2.06. The highest BCUT2D eigenvalue weighted by Gasteiger charge is 2.18. The van der Waals surface area contributed by atoms with Crippen molar-refractivity contribution in [3.8, 4) is 0 Å². The van der Waals surface area contributed by atoms with Crippen LogP contribution in [0.5, 0.6) is 0 Å². The first kappa shape index (κ1) is 12.8. The molecule has 1 atom stereocenters. The first-order chi connectivity index (χ1) is 7.40. The van der Waals surface area contributed by atoms with Crippen molar-refractivity contribution in [1.82, 2.24) is 10.3 Å². The molecule has 0 radical (unpaired) electrons. The summed E-state index contributed by atoms with van der Waals surface area (Å²) in [6.45, 7) is 3.49. The summed E-state index contributed by atoms with van der Waals surface area (Å²) in [4.78, 5) is 25.9. The maximum atomic E-state index is 11.4. The molecular formula is C8H12N4O2S2. The Balaban J connectivity index is 2.64. The third kappa shape index (κ3) is 3.38. The smallest absolute Gasteiger partial charge is 0.318 e. The van der Waals surface area contributed by atoms with E-state index in [0.29, 0.717) is 5.13 Å². The van der Waals surface area contributed by atoms with Crippen LogP contribution in [0.1, 0.15) is 12.6 Å². The molecule has 0 spiro atoms. The predicted octanol–water partition coefficient (Wildman–Crippen LogP) is 0.709. The Morgan fingerprint density at radius 2 is 2.19 bits per heavy atom. The lowest BCUT2D eigenvalue weighted by Gasteiger charge is -2.08. The van der Waals surface area contributed by atoms with E-state index in [-0.39, 0.29) is 0 Å². The molecule has 5 N–H and O–H groups in total. The van der Waals surface area contributed by atoms with Crippen LogP contribution in [0.2, 0.25) is 0 Å². The summed E-state index contributed by atoms with van der Waals surface area (Å²) in [6.07, 6.45) is 0. The number of primary amides is 1. The van der Waals surface area contributed by atoms with Gasteiger partial charge >= 0.3 is 6.03 Å². The molecule has 0 aromatic carbocycles. The van der Waals surface area contributed by atoms with E-state index in [9.17, 15) is 9.59 Å². The van der Waals surface area contributed by atoms with E-state index < -0.39 is 17.2 Å². The number of nitrogen functional groups attached to an aromatic ring is 1. The van der Waals surface area contributed by atoms with Gasteiger partial charge in [-0.15, -0.1) is 11.8 Å². The minimum absolute atomic E-state index is 0.425. The van der Waals surface area contributed by atoms with E-state index >= 15 is 0 Å². The molecule has 1 rings (SSSR count). The number of thioether (sulfide) groups is 1. The molecule has 1 heterocycles. The molecule has 0 saturated heterocycles. The quantitative estimate of drug-likeness (QED) is 0.693. The number of nitrogens with two attached hydrogens (primary N) is 2. The van der Waals surface area contributed by atoms with E-state index in [0.717, 1.165) is 9.90 Å². The van der Waals surface area contributed by atoms with Crippen LogP contribution in [0, 0.1) is 6.92 Å². The molecule has 16 heavy (non-hydrogen) atoms.